The van der Waals surface area contributed by atoms with E-state index in [1.165, 1.54) is 0 Å². The Labute approximate surface area is 161 Å². The average Bonchev–Trinajstić information content (AvgIpc) is 2.50. The Morgan fingerprint density at radius 1 is 1.21 bits per heavy atom. The topological polar surface area (TPSA) is 250 Å². The van der Waals surface area contributed by atoms with Crippen molar-refractivity contribution in [1.29, 1.82) is 0 Å². The number of rotatable bonds is 11. The first kappa shape index (κ1) is 26.0. The Kier molecular flexibility index (Phi) is 8.81. The number of halogens is 1. The molecule has 0 saturated carbocycles. The molecule has 1 aromatic heterocycles. The van der Waals surface area contributed by atoms with Crippen molar-refractivity contribution >= 4 is 29.3 Å². The molecule has 1 rings (SSSR count). The monoisotopic (exact) mass is 487 g/mol. The quantitative estimate of drug-likeness (QED) is 0.205. The largest absolute Gasteiger partial charge is 0.490 e. The van der Waals surface area contributed by atoms with Gasteiger partial charge in [0, 0.05) is 13.3 Å². The molecule has 7 N–H and O–H groups in total. The first-order chi connectivity index (χ1) is 13.1. The Morgan fingerprint density at radius 3 is 2.28 bits per heavy atom. The highest BCUT2D eigenvalue weighted by Gasteiger charge is 2.41. The lowest BCUT2D eigenvalue weighted by molar-refractivity contribution is -0.0897. The summed E-state index contributed by atoms with van der Waals surface area (Å²) >= 11 is 0. The molecule has 1 heterocycles. The summed E-state index contributed by atoms with van der Waals surface area (Å²) in [6, 6.07) is 1.05. The third-order valence-electron chi connectivity index (χ3n) is 2.90. The molecule has 0 aromatic carbocycles. The van der Waals surface area contributed by atoms with Crippen molar-refractivity contribution in [3.05, 3.63) is 22.7 Å². The Balaban J connectivity index is 2.83. The van der Waals surface area contributed by atoms with Crippen molar-refractivity contribution in [1.82, 2.24) is 9.55 Å². The molecule has 0 amide bonds. The summed E-state index contributed by atoms with van der Waals surface area (Å²) in [4.78, 5) is 50.0. The molecule has 0 fully saturated rings. The number of methoxy groups -OCH3 is 1. The van der Waals surface area contributed by atoms with Gasteiger partial charge in [0.05, 0.1) is 6.61 Å². The molecule has 168 valence electrons. The first-order valence-electron chi connectivity index (χ1n) is 7.05. The SMILES string of the molecule is CO[C@H](COP(=O)(O)OP(=O)(O)OP(=O)(O)O)[C@@H](O)[C@H](F)n1ccc(N)nc1=O. The Morgan fingerprint density at radius 2 is 1.79 bits per heavy atom. The molecule has 0 saturated heterocycles. The van der Waals surface area contributed by atoms with E-state index in [9.17, 15) is 32.9 Å². The van der Waals surface area contributed by atoms with E-state index in [-0.39, 0.29) is 5.82 Å². The molecule has 20 heteroatoms. The second kappa shape index (κ2) is 9.83. The highest BCUT2D eigenvalue weighted by Crippen LogP contribution is 2.66. The van der Waals surface area contributed by atoms with Crippen LogP contribution in [0.25, 0.3) is 0 Å². The predicted molar refractivity (Wildman–Crippen MR) is 89.7 cm³/mol. The molecule has 0 aliphatic carbocycles. The van der Waals surface area contributed by atoms with Gasteiger partial charge in [-0.1, -0.05) is 0 Å². The number of aromatic nitrogens is 2. The number of anilines is 1. The van der Waals surface area contributed by atoms with Gasteiger partial charge in [0.2, 0.25) is 6.30 Å². The minimum atomic E-state index is -5.75. The number of phosphoric ester groups is 1. The van der Waals surface area contributed by atoms with Crippen molar-refractivity contribution in [3.63, 3.8) is 0 Å². The maximum absolute atomic E-state index is 14.4. The number of nitrogens with two attached hydrogens (primary N) is 1. The van der Waals surface area contributed by atoms with Crippen LogP contribution >= 0.6 is 23.5 Å². The van der Waals surface area contributed by atoms with Gasteiger partial charge < -0.3 is 35.2 Å². The molecule has 16 nitrogen and oxygen atoms in total. The van der Waals surface area contributed by atoms with Crippen molar-refractivity contribution in [2.24, 2.45) is 0 Å². The molecule has 0 bridgehead atoms. The molecular formula is C9H17FN3O13P3. The molecule has 0 spiro atoms. The summed E-state index contributed by atoms with van der Waals surface area (Å²) in [6.45, 7) is -1.14. The lowest BCUT2D eigenvalue weighted by Crippen LogP contribution is -2.41. The highest BCUT2D eigenvalue weighted by atomic mass is 31.3. The van der Waals surface area contributed by atoms with E-state index in [1.54, 1.807) is 0 Å². The number of hydrogen-bond acceptors (Lipinski definition) is 11. The van der Waals surface area contributed by atoms with Crippen LogP contribution in [-0.2, 0) is 31.6 Å². The van der Waals surface area contributed by atoms with Crippen LogP contribution in [0.1, 0.15) is 6.30 Å². The van der Waals surface area contributed by atoms with E-state index >= 15 is 0 Å². The van der Waals surface area contributed by atoms with Gasteiger partial charge in [-0.2, -0.15) is 13.6 Å². The zero-order valence-electron chi connectivity index (χ0n) is 14.3. The van der Waals surface area contributed by atoms with Gasteiger partial charge in [-0.05, 0) is 6.07 Å². The normalized spacial score (nSPS) is 19.7. The second-order valence-electron chi connectivity index (χ2n) is 5.07. The summed E-state index contributed by atoms with van der Waals surface area (Å²) in [6.07, 6.45) is -5.53. The van der Waals surface area contributed by atoms with Crippen LogP contribution in [0.3, 0.4) is 0 Å². The molecule has 0 aliphatic rings. The Bertz CT molecular complexity index is 905. The predicted octanol–water partition coefficient (Wildman–Crippen LogP) is -0.987. The van der Waals surface area contributed by atoms with Crippen LogP contribution < -0.4 is 11.4 Å². The minimum absolute atomic E-state index is 0.219. The molecule has 1 aromatic rings. The minimum Gasteiger partial charge on any atom is -0.385 e. The maximum Gasteiger partial charge on any atom is 0.490 e. The molecule has 0 radical (unpaired) electrons. The summed E-state index contributed by atoms with van der Waals surface area (Å²) in [5.41, 5.74) is 4.08. The smallest absolute Gasteiger partial charge is 0.385 e. The zero-order chi connectivity index (χ0) is 22.6. The molecule has 0 aliphatic heterocycles. The summed E-state index contributed by atoms with van der Waals surface area (Å²) in [7, 11) is -15.9. The average molecular weight is 487 g/mol. The third-order valence-corrected chi connectivity index (χ3v) is 6.70. The number of aliphatic hydroxyl groups is 1. The number of nitrogen functional groups attached to an aromatic ring is 1. The number of aliphatic hydroxyl groups excluding tert-OH is 1. The van der Waals surface area contributed by atoms with Crippen molar-refractivity contribution < 1.29 is 60.6 Å². The van der Waals surface area contributed by atoms with Crippen LogP contribution in [0.5, 0.6) is 0 Å². The van der Waals surface area contributed by atoms with Gasteiger partial charge in [-0.25, -0.2) is 22.9 Å². The zero-order valence-corrected chi connectivity index (χ0v) is 17.0. The van der Waals surface area contributed by atoms with Crippen molar-refractivity contribution in [2.75, 3.05) is 19.5 Å². The van der Waals surface area contributed by atoms with Gasteiger partial charge in [0.15, 0.2) is 0 Å². The molecule has 29 heavy (non-hydrogen) atoms. The van der Waals surface area contributed by atoms with Gasteiger partial charge in [-0.15, -0.1) is 0 Å². The number of ether oxygens (including phenoxy) is 1. The third kappa shape index (κ3) is 8.68. The van der Waals surface area contributed by atoms with Gasteiger partial charge in [0.25, 0.3) is 0 Å². The number of hydrogen-bond donors (Lipinski definition) is 6. The summed E-state index contributed by atoms with van der Waals surface area (Å²) in [5, 5.41) is 9.96. The van der Waals surface area contributed by atoms with E-state index in [2.05, 4.69) is 22.9 Å². The summed E-state index contributed by atoms with van der Waals surface area (Å²) < 4.78 is 64.0. The van der Waals surface area contributed by atoms with Crippen LogP contribution in [0.15, 0.2) is 17.1 Å². The van der Waals surface area contributed by atoms with E-state index < -0.39 is 54.3 Å². The fourth-order valence-electron chi connectivity index (χ4n) is 1.73. The fourth-order valence-corrected chi connectivity index (χ4v) is 4.76. The van der Waals surface area contributed by atoms with Crippen molar-refractivity contribution in [3.8, 4) is 0 Å². The van der Waals surface area contributed by atoms with Crippen LogP contribution in [0, 0.1) is 0 Å². The standard InChI is InChI=1S/C9H17FN3O13P3/c1-23-5(7(14)8(10)13-3-2-6(11)12-9(13)15)4-24-28(19,20)26-29(21,22)25-27(16,17)18/h2-3,5,7-8,14H,4H2,1H3,(H,19,20)(H,21,22)(H2,11,12,15)(H2,16,17,18)/t5-,7-,8-/m1/s1. The van der Waals surface area contributed by atoms with Gasteiger partial charge in [0.1, 0.15) is 18.0 Å². The van der Waals surface area contributed by atoms with Crippen LogP contribution in [0.2, 0.25) is 0 Å². The molecule has 2 unspecified atom stereocenters. The number of phosphoric acid groups is 3. The number of nitrogens with zero attached hydrogens (tertiary/aromatic N) is 2. The maximum atomic E-state index is 14.4. The van der Waals surface area contributed by atoms with E-state index in [0.29, 0.717) is 4.57 Å². The Hall–Kier alpha value is -1.06. The highest BCUT2D eigenvalue weighted by molar-refractivity contribution is 7.66. The lowest BCUT2D eigenvalue weighted by Gasteiger charge is -2.25. The molecular weight excluding hydrogens is 470 g/mol. The second-order valence-corrected chi connectivity index (χ2v) is 9.49. The van der Waals surface area contributed by atoms with E-state index in [4.69, 9.17) is 20.4 Å². The van der Waals surface area contributed by atoms with Gasteiger partial charge >= 0.3 is 29.2 Å². The van der Waals surface area contributed by atoms with Gasteiger partial charge in [-0.3, -0.25) is 9.09 Å². The van der Waals surface area contributed by atoms with Crippen molar-refractivity contribution in [2.45, 2.75) is 18.5 Å². The van der Waals surface area contributed by atoms with Crippen LogP contribution in [0.4, 0.5) is 10.2 Å². The summed E-state index contributed by atoms with van der Waals surface area (Å²) in [5.74, 6) is -0.219. The van der Waals surface area contributed by atoms with E-state index in [1.807, 2.05) is 0 Å². The first-order valence-corrected chi connectivity index (χ1v) is 11.6. The lowest BCUT2D eigenvalue weighted by atomic mass is 10.2. The molecule has 5 atom stereocenters. The fraction of sp³-hybridized carbons (Fsp3) is 0.556. The number of alkyl halides is 1. The van der Waals surface area contributed by atoms with E-state index in [0.717, 1.165) is 19.4 Å². The van der Waals surface area contributed by atoms with Crippen LogP contribution in [-0.4, -0.2) is 60.2 Å².